The smallest absolute Gasteiger partial charge is 0.241 e. The molecule has 27 heavy (non-hydrogen) atoms. The van der Waals surface area contributed by atoms with Crippen molar-refractivity contribution < 1.29 is 14.1 Å². The fraction of sp³-hybridized carbons (Fsp3) is 0.550. The van der Waals surface area contributed by atoms with Gasteiger partial charge in [-0.15, -0.1) is 0 Å². The second kappa shape index (κ2) is 8.99. The van der Waals surface area contributed by atoms with Crippen molar-refractivity contribution in [1.29, 1.82) is 0 Å². The van der Waals surface area contributed by atoms with Crippen LogP contribution in [-0.2, 0) is 11.3 Å². The molecule has 1 unspecified atom stereocenters. The Kier molecular flexibility index (Phi) is 6.45. The maximum Gasteiger partial charge on any atom is 0.241 e. The van der Waals surface area contributed by atoms with Gasteiger partial charge in [-0.2, -0.15) is 4.98 Å². The Morgan fingerprint density at radius 2 is 2.04 bits per heavy atom. The number of likely N-dealkylation sites (tertiary alicyclic amines) is 1. The quantitative estimate of drug-likeness (QED) is 0.805. The average Bonchev–Trinajstić information content (AvgIpc) is 3.17. The Balaban J connectivity index is 1.51. The van der Waals surface area contributed by atoms with Gasteiger partial charge in [0.25, 0.3) is 0 Å². The van der Waals surface area contributed by atoms with E-state index in [1.165, 1.54) is 0 Å². The maximum atomic E-state index is 12.3. The van der Waals surface area contributed by atoms with Crippen molar-refractivity contribution >= 4 is 5.91 Å². The summed E-state index contributed by atoms with van der Waals surface area (Å²) >= 11 is 0. The molecule has 1 amide bonds. The van der Waals surface area contributed by atoms with Gasteiger partial charge in [0, 0.05) is 17.5 Å². The van der Waals surface area contributed by atoms with Crippen LogP contribution in [0, 0.1) is 5.92 Å². The number of piperidine rings is 1. The molecule has 1 aromatic carbocycles. The fourth-order valence-corrected chi connectivity index (χ4v) is 3.18. The normalized spacial score (nSPS) is 16.9. The van der Waals surface area contributed by atoms with Crippen LogP contribution in [0.2, 0.25) is 0 Å². The third-order valence-electron chi connectivity index (χ3n) is 5.13. The summed E-state index contributed by atoms with van der Waals surface area (Å²) in [6.07, 6.45) is 2.68. The van der Waals surface area contributed by atoms with Gasteiger partial charge in [0.15, 0.2) is 0 Å². The molecule has 0 saturated carbocycles. The summed E-state index contributed by atoms with van der Waals surface area (Å²) in [7, 11) is 1.64. The van der Waals surface area contributed by atoms with Gasteiger partial charge in [0.05, 0.1) is 13.7 Å². The molecule has 1 fully saturated rings. The summed E-state index contributed by atoms with van der Waals surface area (Å²) in [5.41, 5.74) is 0.895. The lowest BCUT2D eigenvalue weighted by atomic mass is 9.95. The van der Waals surface area contributed by atoms with Crippen LogP contribution in [0.5, 0.6) is 5.75 Å². The highest BCUT2D eigenvalue weighted by Crippen LogP contribution is 2.22. The summed E-state index contributed by atoms with van der Waals surface area (Å²) in [6, 6.07) is 7.82. The zero-order valence-corrected chi connectivity index (χ0v) is 16.3. The highest BCUT2D eigenvalue weighted by atomic mass is 16.5. The molecule has 0 spiro atoms. The van der Waals surface area contributed by atoms with E-state index in [1.807, 2.05) is 31.2 Å². The van der Waals surface area contributed by atoms with Gasteiger partial charge in [-0.1, -0.05) is 12.1 Å². The minimum absolute atomic E-state index is 0.104. The third-order valence-corrected chi connectivity index (χ3v) is 5.13. The summed E-state index contributed by atoms with van der Waals surface area (Å²) in [6.45, 7) is 6.46. The van der Waals surface area contributed by atoms with Crippen LogP contribution in [0.1, 0.15) is 39.0 Å². The lowest BCUT2D eigenvalue weighted by Crippen LogP contribution is -2.42. The Morgan fingerprint density at radius 3 is 2.67 bits per heavy atom. The van der Waals surface area contributed by atoms with E-state index in [-0.39, 0.29) is 17.9 Å². The van der Waals surface area contributed by atoms with E-state index in [1.54, 1.807) is 7.11 Å². The molecule has 0 bridgehead atoms. The first-order valence-corrected chi connectivity index (χ1v) is 9.58. The largest absolute Gasteiger partial charge is 0.497 e. The molecule has 0 radical (unpaired) electrons. The van der Waals surface area contributed by atoms with Gasteiger partial charge in [-0.3, -0.25) is 9.69 Å². The zero-order chi connectivity index (χ0) is 19.2. The molecule has 1 aromatic heterocycles. The molecular formula is C20H28N4O3. The highest BCUT2D eigenvalue weighted by molar-refractivity contribution is 5.79. The average molecular weight is 372 g/mol. The number of ether oxygens (including phenoxy) is 1. The molecule has 1 N–H and O–H groups in total. The van der Waals surface area contributed by atoms with Crippen LogP contribution in [-0.4, -0.2) is 47.2 Å². The number of hydrogen-bond acceptors (Lipinski definition) is 6. The van der Waals surface area contributed by atoms with Gasteiger partial charge < -0.3 is 14.6 Å². The molecule has 7 nitrogen and oxygen atoms in total. The number of amides is 1. The molecule has 0 aliphatic carbocycles. The number of methoxy groups -OCH3 is 1. The van der Waals surface area contributed by atoms with Crippen molar-refractivity contribution in [2.75, 3.05) is 20.2 Å². The second-order valence-electron chi connectivity index (χ2n) is 7.11. The monoisotopic (exact) mass is 372 g/mol. The van der Waals surface area contributed by atoms with Crippen molar-refractivity contribution in [3.63, 3.8) is 0 Å². The standard InChI is InChI=1S/C20H28N4O3/c1-4-14(2)21-20(25)16-9-11-24(12-10-16)13-18-22-19(23-27-18)15-5-7-17(26-3)8-6-15/h5-8,14,16H,4,9-13H2,1-3H3,(H,21,25). The number of rotatable bonds is 7. The van der Waals surface area contributed by atoms with Gasteiger partial charge in [0.1, 0.15) is 5.75 Å². The van der Waals surface area contributed by atoms with Crippen molar-refractivity contribution in [2.45, 2.75) is 45.7 Å². The summed E-state index contributed by atoms with van der Waals surface area (Å²) in [4.78, 5) is 19.0. The molecular weight excluding hydrogens is 344 g/mol. The van der Waals surface area contributed by atoms with Crippen LogP contribution < -0.4 is 10.1 Å². The van der Waals surface area contributed by atoms with Gasteiger partial charge >= 0.3 is 0 Å². The van der Waals surface area contributed by atoms with Gasteiger partial charge in [-0.25, -0.2) is 0 Å². The number of carbonyl (C=O) groups excluding carboxylic acids is 1. The molecule has 7 heteroatoms. The van der Waals surface area contributed by atoms with Crippen molar-refractivity contribution in [1.82, 2.24) is 20.4 Å². The van der Waals surface area contributed by atoms with E-state index in [0.717, 1.165) is 43.7 Å². The zero-order valence-electron chi connectivity index (χ0n) is 16.3. The number of nitrogens with zero attached hydrogens (tertiary/aromatic N) is 3. The minimum atomic E-state index is 0.104. The molecule has 146 valence electrons. The Hall–Kier alpha value is -2.41. The van der Waals surface area contributed by atoms with Crippen molar-refractivity contribution in [2.24, 2.45) is 5.92 Å². The van der Waals surface area contributed by atoms with E-state index < -0.39 is 0 Å². The topological polar surface area (TPSA) is 80.5 Å². The van der Waals surface area contributed by atoms with Crippen LogP contribution in [0.4, 0.5) is 0 Å². The van der Waals surface area contributed by atoms with Crippen molar-refractivity contribution in [3.8, 4) is 17.1 Å². The van der Waals surface area contributed by atoms with Crippen LogP contribution >= 0.6 is 0 Å². The van der Waals surface area contributed by atoms with E-state index in [2.05, 4.69) is 27.3 Å². The number of hydrogen-bond donors (Lipinski definition) is 1. The van der Waals surface area contributed by atoms with Crippen molar-refractivity contribution in [3.05, 3.63) is 30.2 Å². The Labute approximate surface area is 160 Å². The highest BCUT2D eigenvalue weighted by Gasteiger charge is 2.26. The lowest BCUT2D eigenvalue weighted by Gasteiger charge is -2.30. The Morgan fingerprint density at radius 1 is 1.33 bits per heavy atom. The number of nitrogens with one attached hydrogen (secondary N) is 1. The molecule has 2 aromatic rings. The van der Waals surface area contributed by atoms with E-state index in [9.17, 15) is 4.79 Å². The molecule has 1 atom stereocenters. The van der Waals surface area contributed by atoms with Crippen LogP contribution in [0.15, 0.2) is 28.8 Å². The lowest BCUT2D eigenvalue weighted by molar-refractivity contribution is -0.127. The van der Waals surface area contributed by atoms with Crippen LogP contribution in [0.25, 0.3) is 11.4 Å². The molecule has 1 saturated heterocycles. The molecule has 3 rings (SSSR count). The maximum absolute atomic E-state index is 12.3. The summed E-state index contributed by atoms with van der Waals surface area (Å²) in [5.74, 6) is 2.26. The predicted molar refractivity (Wildman–Crippen MR) is 102 cm³/mol. The van der Waals surface area contributed by atoms with Gasteiger partial charge in [0.2, 0.25) is 17.6 Å². The van der Waals surface area contributed by atoms with Gasteiger partial charge in [-0.05, 0) is 63.5 Å². The van der Waals surface area contributed by atoms with E-state index in [0.29, 0.717) is 18.3 Å². The molecule has 1 aliphatic rings. The van der Waals surface area contributed by atoms with E-state index in [4.69, 9.17) is 9.26 Å². The molecule has 2 heterocycles. The third kappa shape index (κ3) is 5.07. The summed E-state index contributed by atoms with van der Waals surface area (Å²) < 4.78 is 10.6. The fourth-order valence-electron chi connectivity index (χ4n) is 3.18. The Bertz CT molecular complexity index is 736. The number of benzene rings is 1. The van der Waals surface area contributed by atoms with E-state index >= 15 is 0 Å². The molecule has 1 aliphatic heterocycles. The first kappa shape index (κ1) is 19.4. The van der Waals surface area contributed by atoms with Crippen LogP contribution in [0.3, 0.4) is 0 Å². The number of carbonyl (C=O) groups is 1. The first-order valence-electron chi connectivity index (χ1n) is 9.58. The first-order chi connectivity index (χ1) is 13.1. The summed E-state index contributed by atoms with van der Waals surface area (Å²) in [5, 5.41) is 7.16. The minimum Gasteiger partial charge on any atom is -0.497 e. The number of aromatic nitrogens is 2. The predicted octanol–water partition coefficient (Wildman–Crippen LogP) is 2.87. The SMILES string of the molecule is CCC(C)NC(=O)C1CCN(Cc2nc(-c3ccc(OC)cc3)no2)CC1. The second-order valence-corrected chi connectivity index (χ2v) is 7.11.